The summed E-state index contributed by atoms with van der Waals surface area (Å²) in [4.78, 5) is 5.34. The lowest BCUT2D eigenvalue weighted by atomic mass is 9.84. The monoisotopic (exact) mass is 324 g/mol. The summed E-state index contributed by atoms with van der Waals surface area (Å²) in [5, 5.41) is 0. The van der Waals surface area contributed by atoms with Crippen LogP contribution in [0.4, 0.5) is 0 Å². The second-order valence-electron chi connectivity index (χ2n) is 8.45. The van der Waals surface area contributed by atoms with Crippen LogP contribution in [0, 0.1) is 5.92 Å². The molecule has 2 fully saturated rings. The van der Waals surface area contributed by atoms with Crippen molar-refractivity contribution in [1.29, 1.82) is 0 Å². The van der Waals surface area contributed by atoms with Crippen LogP contribution in [-0.4, -0.2) is 60.3 Å². The van der Waals surface area contributed by atoms with Gasteiger partial charge in [0, 0.05) is 31.7 Å². The van der Waals surface area contributed by atoms with Crippen LogP contribution < -0.4 is 0 Å². The zero-order chi connectivity index (χ0) is 16.8. The Hall–Kier alpha value is -0.120. The molecule has 0 N–H and O–H groups in total. The molecule has 1 aliphatic heterocycles. The molecule has 1 aliphatic carbocycles. The maximum atomic E-state index is 5.97. The third-order valence-electron chi connectivity index (χ3n) is 5.77. The lowest BCUT2D eigenvalue weighted by Gasteiger charge is -2.42. The molecule has 0 amide bonds. The first-order valence-corrected chi connectivity index (χ1v) is 10.1. The summed E-state index contributed by atoms with van der Waals surface area (Å²) in [6.07, 6.45) is 9.07. The highest BCUT2D eigenvalue weighted by molar-refractivity contribution is 4.81. The van der Waals surface area contributed by atoms with Crippen LogP contribution >= 0.6 is 0 Å². The topological polar surface area (TPSA) is 15.7 Å². The van der Waals surface area contributed by atoms with E-state index >= 15 is 0 Å². The SMILES string of the molecule is CC(C)O[C@H]1CC[C@H](CCCN2CCN(C(C)C)[C@@H](C)C2)CC1. The van der Waals surface area contributed by atoms with E-state index in [2.05, 4.69) is 44.4 Å². The fraction of sp³-hybridized carbons (Fsp3) is 1.00. The predicted molar refractivity (Wildman–Crippen MR) is 98.9 cm³/mol. The van der Waals surface area contributed by atoms with Gasteiger partial charge in [0.1, 0.15) is 0 Å². The first-order chi connectivity index (χ1) is 11.0. The van der Waals surface area contributed by atoms with Crippen LogP contribution in [0.2, 0.25) is 0 Å². The number of ether oxygens (including phenoxy) is 1. The van der Waals surface area contributed by atoms with Gasteiger partial charge in [-0.3, -0.25) is 4.90 Å². The molecule has 23 heavy (non-hydrogen) atoms. The fourth-order valence-corrected chi connectivity index (χ4v) is 4.56. The van der Waals surface area contributed by atoms with Gasteiger partial charge >= 0.3 is 0 Å². The molecule has 1 heterocycles. The van der Waals surface area contributed by atoms with Crippen LogP contribution in [0.1, 0.15) is 73.1 Å². The molecule has 0 radical (unpaired) electrons. The van der Waals surface area contributed by atoms with Gasteiger partial charge < -0.3 is 9.64 Å². The molecular formula is C20H40N2O. The summed E-state index contributed by atoms with van der Waals surface area (Å²) in [6, 6.07) is 1.41. The molecule has 0 unspecified atom stereocenters. The van der Waals surface area contributed by atoms with E-state index in [9.17, 15) is 0 Å². The Bertz CT molecular complexity index is 324. The van der Waals surface area contributed by atoms with Crippen molar-refractivity contribution in [2.75, 3.05) is 26.2 Å². The van der Waals surface area contributed by atoms with Crippen molar-refractivity contribution in [1.82, 2.24) is 9.80 Å². The first kappa shape index (κ1) is 19.2. The minimum atomic E-state index is 0.392. The Morgan fingerprint density at radius 1 is 1.00 bits per heavy atom. The Balaban J connectivity index is 1.58. The maximum absolute atomic E-state index is 5.97. The van der Waals surface area contributed by atoms with Crippen LogP contribution in [0.25, 0.3) is 0 Å². The molecule has 0 aromatic rings. The van der Waals surface area contributed by atoms with Crippen molar-refractivity contribution in [2.45, 2.75) is 97.4 Å². The van der Waals surface area contributed by atoms with Crippen LogP contribution in [-0.2, 0) is 4.74 Å². The highest BCUT2D eigenvalue weighted by Gasteiger charge is 2.26. The highest BCUT2D eigenvalue weighted by atomic mass is 16.5. The normalized spacial score (nSPS) is 31.2. The van der Waals surface area contributed by atoms with Crippen molar-refractivity contribution < 1.29 is 4.74 Å². The summed E-state index contributed by atoms with van der Waals surface area (Å²) in [5.74, 6) is 0.955. The predicted octanol–water partition coefficient (Wildman–Crippen LogP) is 4.16. The third kappa shape index (κ3) is 6.36. The molecule has 1 saturated heterocycles. The molecule has 0 aromatic carbocycles. The Morgan fingerprint density at radius 3 is 2.26 bits per heavy atom. The summed E-state index contributed by atoms with van der Waals surface area (Å²) in [7, 11) is 0. The number of nitrogens with zero attached hydrogens (tertiary/aromatic N) is 2. The summed E-state index contributed by atoms with van der Waals surface area (Å²) < 4.78 is 5.97. The minimum absolute atomic E-state index is 0.392. The summed E-state index contributed by atoms with van der Waals surface area (Å²) in [5.41, 5.74) is 0. The van der Waals surface area contributed by atoms with Gasteiger partial charge in [-0.15, -0.1) is 0 Å². The van der Waals surface area contributed by atoms with Crippen molar-refractivity contribution in [3.63, 3.8) is 0 Å². The maximum Gasteiger partial charge on any atom is 0.0578 e. The molecule has 1 saturated carbocycles. The van der Waals surface area contributed by atoms with Crippen molar-refractivity contribution in [3.05, 3.63) is 0 Å². The fourth-order valence-electron chi connectivity index (χ4n) is 4.56. The largest absolute Gasteiger partial charge is 0.376 e. The minimum Gasteiger partial charge on any atom is -0.376 e. The van der Waals surface area contributed by atoms with Gasteiger partial charge in [0.05, 0.1) is 12.2 Å². The average molecular weight is 325 g/mol. The number of hydrogen-bond donors (Lipinski definition) is 0. The van der Waals surface area contributed by atoms with Crippen LogP contribution in [0.15, 0.2) is 0 Å². The van der Waals surface area contributed by atoms with E-state index < -0.39 is 0 Å². The second kappa shape index (κ2) is 9.39. The average Bonchev–Trinajstić information content (AvgIpc) is 2.48. The molecule has 136 valence electrons. The number of piperazine rings is 1. The van der Waals surface area contributed by atoms with Crippen molar-refractivity contribution in [3.8, 4) is 0 Å². The van der Waals surface area contributed by atoms with Gasteiger partial charge in [-0.2, -0.15) is 0 Å². The van der Waals surface area contributed by atoms with Gasteiger partial charge in [-0.1, -0.05) is 0 Å². The highest BCUT2D eigenvalue weighted by Crippen LogP contribution is 2.30. The molecular weight excluding hydrogens is 284 g/mol. The van der Waals surface area contributed by atoms with E-state index in [1.54, 1.807) is 0 Å². The molecule has 1 atom stereocenters. The first-order valence-electron chi connectivity index (χ1n) is 10.1. The molecule has 2 rings (SSSR count). The molecule has 3 heteroatoms. The number of hydrogen-bond acceptors (Lipinski definition) is 3. The standard InChI is InChI=1S/C20H40N2O/c1-16(2)22-14-13-21(15-18(22)5)12-6-7-19-8-10-20(11-9-19)23-17(3)4/h16-20H,6-15H2,1-5H3/t18-,19-,20-/m0/s1. The van der Waals surface area contributed by atoms with Crippen molar-refractivity contribution in [2.24, 2.45) is 5.92 Å². The van der Waals surface area contributed by atoms with Gasteiger partial charge in [0.2, 0.25) is 0 Å². The lowest BCUT2D eigenvalue weighted by molar-refractivity contribution is -0.0206. The zero-order valence-corrected chi connectivity index (χ0v) is 16.3. The van der Waals surface area contributed by atoms with Gasteiger partial charge in [-0.25, -0.2) is 0 Å². The van der Waals surface area contributed by atoms with Gasteiger partial charge in [0.15, 0.2) is 0 Å². The second-order valence-corrected chi connectivity index (χ2v) is 8.45. The smallest absolute Gasteiger partial charge is 0.0578 e. The molecule has 0 spiro atoms. The van der Waals surface area contributed by atoms with E-state index in [1.165, 1.54) is 64.7 Å². The van der Waals surface area contributed by atoms with E-state index in [0.29, 0.717) is 24.3 Å². The molecule has 2 aliphatic rings. The van der Waals surface area contributed by atoms with E-state index in [1.807, 2.05) is 0 Å². The molecule has 0 aromatic heterocycles. The Kier molecular flexibility index (Phi) is 7.84. The van der Waals surface area contributed by atoms with Crippen molar-refractivity contribution >= 4 is 0 Å². The zero-order valence-electron chi connectivity index (χ0n) is 16.3. The van der Waals surface area contributed by atoms with E-state index in [4.69, 9.17) is 4.74 Å². The summed E-state index contributed by atoms with van der Waals surface area (Å²) in [6.45, 7) is 16.4. The Labute approximate surface area is 144 Å². The third-order valence-corrected chi connectivity index (χ3v) is 5.77. The Morgan fingerprint density at radius 2 is 1.70 bits per heavy atom. The van der Waals surface area contributed by atoms with Crippen LogP contribution in [0.3, 0.4) is 0 Å². The lowest BCUT2D eigenvalue weighted by Crippen LogP contribution is -2.54. The van der Waals surface area contributed by atoms with Gasteiger partial charge in [-0.05, 0) is 85.6 Å². The number of rotatable bonds is 7. The van der Waals surface area contributed by atoms with Crippen LogP contribution in [0.5, 0.6) is 0 Å². The van der Waals surface area contributed by atoms with Gasteiger partial charge in [0.25, 0.3) is 0 Å². The van der Waals surface area contributed by atoms with E-state index in [-0.39, 0.29) is 0 Å². The summed E-state index contributed by atoms with van der Waals surface area (Å²) >= 11 is 0. The molecule has 3 nitrogen and oxygen atoms in total. The quantitative estimate of drug-likeness (QED) is 0.699. The van der Waals surface area contributed by atoms with E-state index in [0.717, 1.165) is 5.92 Å². The molecule has 0 bridgehead atoms.